The lowest BCUT2D eigenvalue weighted by atomic mass is 9.98. The van der Waals surface area contributed by atoms with Crippen molar-refractivity contribution in [3.63, 3.8) is 0 Å². The van der Waals surface area contributed by atoms with Crippen LogP contribution in [0.15, 0.2) is 161 Å². The summed E-state index contributed by atoms with van der Waals surface area (Å²) in [6, 6.07) is 49.7. The standard InChI is InChI=1S/C40H25N3O2/c44-37-33-16-7-8-17-35(33)45-36-23-22-31(25-34(36)37)27-20-18-26(19-21-27)30-14-9-15-32(24-30)40-42-38(28-10-3-1-4-11-28)41-39(43-40)29-12-5-2-6-13-29/h1-25H. The van der Waals surface area contributed by atoms with E-state index in [0.717, 1.165) is 38.9 Å². The smallest absolute Gasteiger partial charge is 0.200 e. The Labute approximate surface area is 259 Å². The van der Waals surface area contributed by atoms with Crippen molar-refractivity contribution in [1.29, 1.82) is 0 Å². The van der Waals surface area contributed by atoms with Crippen LogP contribution in [0.1, 0.15) is 0 Å². The van der Waals surface area contributed by atoms with Crippen LogP contribution in [0.5, 0.6) is 0 Å². The minimum atomic E-state index is -0.0219. The highest BCUT2D eigenvalue weighted by Gasteiger charge is 2.13. The van der Waals surface area contributed by atoms with Crippen LogP contribution in [-0.2, 0) is 0 Å². The Hall–Kier alpha value is -6.20. The Balaban J connectivity index is 1.15. The summed E-state index contributed by atoms with van der Waals surface area (Å²) in [6.45, 7) is 0. The number of para-hydroxylation sites is 1. The predicted octanol–water partition coefficient (Wildman–Crippen LogP) is 9.47. The average Bonchev–Trinajstić information content (AvgIpc) is 3.12. The molecule has 2 heterocycles. The van der Waals surface area contributed by atoms with Crippen molar-refractivity contribution in [2.24, 2.45) is 0 Å². The molecule has 0 atom stereocenters. The van der Waals surface area contributed by atoms with E-state index in [2.05, 4.69) is 36.4 Å². The fourth-order valence-electron chi connectivity index (χ4n) is 5.61. The number of fused-ring (bicyclic) bond motifs is 2. The van der Waals surface area contributed by atoms with Gasteiger partial charge in [0.15, 0.2) is 17.5 Å². The number of hydrogen-bond donors (Lipinski definition) is 0. The minimum absolute atomic E-state index is 0.0219. The second kappa shape index (κ2) is 11.1. The quantitative estimate of drug-likeness (QED) is 0.190. The van der Waals surface area contributed by atoms with E-state index >= 15 is 0 Å². The van der Waals surface area contributed by atoms with Crippen LogP contribution in [0.25, 0.3) is 78.4 Å². The van der Waals surface area contributed by atoms with E-state index in [4.69, 9.17) is 19.4 Å². The Kier molecular flexibility index (Phi) is 6.54. The van der Waals surface area contributed by atoms with Crippen LogP contribution in [0.3, 0.4) is 0 Å². The molecule has 2 aromatic heterocycles. The fourth-order valence-corrected chi connectivity index (χ4v) is 5.61. The third kappa shape index (κ3) is 5.07. The zero-order valence-corrected chi connectivity index (χ0v) is 24.1. The summed E-state index contributed by atoms with van der Waals surface area (Å²) in [7, 11) is 0. The van der Waals surface area contributed by atoms with E-state index in [0.29, 0.717) is 39.4 Å². The van der Waals surface area contributed by atoms with Crippen LogP contribution in [0.2, 0.25) is 0 Å². The van der Waals surface area contributed by atoms with Crippen LogP contribution < -0.4 is 5.43 Å². The second-order valence-corrected chi connectivity index (χ2v) is 10.8. The summed E-state index contributed by atoms with van der Waals surface area (Å²) >= 11 is 0. The first-order valence-electron chi connectivity index (χ1n) is 14.7. The molecule has 0 N–H and O–H groups in total. The zero-order valence-electron chi connectivity index (χ0n) is 24.1. The molecule has 45 heavy (non-hydrogen) atoms. The van der Waals surface area contributed by atoms with E-state index in [1.165, 1.54) is 0 Å². The molecule has 0 aliphatic rings. The SMILES string of the molecule is O=c1c2ccccc2oc2ccc(-c3ccc(-c4cccc(-c5nc(-c6ccccc6)nc(-c6ccccc6)n5)c4)cc3)cc12. The summed E-state index contributed by atoms with van der Waals surface area (Å²) in [5, 5.41) is 1.16. The van der Waals surface area contributed by atoms with E-state index in [1.54, 1.807) is 6.07 Å². The average molecular weight is 580 g/mol. The van der Waals surface area contributed by atoms with Gasteiger partial charge in [0.05, 0.1) is 10.8 Å². The number of hydrogen-bond acceptors (Lipinski definition) is 5. The molecule has 6 aromatic carbocycles. The van der Waals surface area contributed by atoms with Crippen molar-refractivity contribution in [3.8, 4) is 56.4 Å². The van der Waals surface area contributed by atoms with E-state index in [9.17, 15) is 4.79 Å². The summed E-state index contributed by atoms with van der Waals surface area (Å²) in [6.07, 6.45) is 0. The van der Waals surface area contributed by atoms with Crippen LogP contribution in [-0.4, -0.2) is 15.0 Å². The van der Waals surface area contributed by atoms with Gasteiger partial charge in [-0.2, -0.15) is 0 Å². The number of nitrogens with zero attached hydrogens (tertiary/aromatic N) is 3. The van der Waals surface area contributed by atoms with Crippen molar-refractivity contribution in [2.75, 3.05) is 0 Å². The molecule has 8 aromatic rings. The molecule has 0 saturated heterocycles. The number of benzene rings is 6. The van der Waals surface area contributed by atoms with Crippen LogP contribution >= 0.6 is 0 Å². The Morgan fingerprint density at radius 1 is 0.356 bits per heavy atom. The van der Waals surface area contributed by atoms with Crippen molar-refractivity contribution in [1.82, 2.24) is 15.0 Å². The Bertz CT molecular complexity index is 2330. The van der Waals surface area contributed by atoms with Gasteiger partial charge in [0.2, 0.25) is 5.43 Å². The van der Waals surface area contributed by atoms with Crippen molar-refractivity contribution in [3.05, 3.63) is 162 Å². The van der Waals surface area contributed by atoms with Gasteiger partial charge in [0, 0.05) is 16.7 Å². The summed E-state index contributed by atoms with van der Waals surface area (Å²) in [5.74, 6) is 1.88. The first kappa shape index (κ1) is 26.4. The van der Waals surface area contributed by atoms with Gasteiger partial charge >= 0.3 is 0 Å². The molecule has 0 spiro atoms. The molecule has 0 bridgehead atoms. The lowest BCUT2D eigenvalue weighted by Gasteiger charge is -2.10. The van der Waals surface area contributed by atoms with Gasteiger partial charge in [-0.05, 0) is 52.6 Å². The predicted molar refractivity (Wildman–Crippen MR) is 181 cm³/mol. The molecule has 212 valence electrons. The minimum Gasteiger partial charge on any atom is -0.456 e. The van der Waals surface area contributed by atoms with Gasteiger partial charge in [-0.25, -0.2) is 15.0 Å². The first-order valence-corrected chi connectivity index (χ1v) is 14.7. The summed E-state index contributed by atoms with van der Waals surface area (Å²) in [5.41, 5.74) is 8.01. The van der Waals surface area contributed by atoms with E-state index in [1.807, 2.05) is 109 Å². The molecule has 0 amide bonds. The van der Waals surface area contributed by atoms with Crippen LogP contribution in [0, 0.1) is 0 Å². The maximum Gasteiger partial charge on any atom is 0.200 e. The summed E-state index contributed by atoms with van der Waals surface area (Å²) in [4.78, 5) is 27.8. The second-order valence-electron chi connectivity index (χ2n) is 10.8. The zero-order chi connectivity index (χ0) is 30.2. The van der Waals surface area contributed by atoms with Crippen molar-refractivity contribution < 1.29 is 4.42 Å². The molecule has 0 aliphatic carbocycles. The highest BCUT2D eigenvalue weighted by Crippen LogP contribution is 2.31. The lowest BCUT2D eigenvalue weighted by Crippen LogP contribution is -2.01. The molecule has 5 heteroatoms. The highest BCUT2D eigenvalue weighted by atomic mass is 16.3. The van der Waals surface area contributed by atoms with Gasteiger partial charge < -0.3 is 4.42 Å². The van der Waals surface area contributed by atoms with Gasteiger partial charge in [0.25, 0.3) is 0 Å². The van der Waals surface area contributed by atoms with E-state index < -0.39 is 0 Å². The van der Waals surface area contributed by atoms with Crippen LogP contribution in [0.4, 0.5) is 0 Å². The molecular formula is C40H25N3O2. The largest absolute Gasteiger partial charge is 0.456 e. The molecular weight excluding hydrogens is 554 g/mol. The van der Waals surface area contributed by atoms with Gasteiger partial charge in [-0.1, -0.05) is 121 Å². The number of aromatic nitrogens is 3. The first-order chi connectivity index (χ1) is 22.2. The number of rotatable bonds is 5. The van der Waals surface area contributed by atoms with Gasteiger partial charge in [0.1, 0.15) is 11.2 Å². The van der Waals surface area contributed by atoms with Crippen molar-refractivity contribution in [2.45, 2.75) is 0 Å². The van der Waals surface area contributed by atoms with E-state index in [-0.39, 0.29) is 5.43 Å². The lowest BCUT2D eigenvalue weighted by molar-refractivity contribution is 0.660. The maximum absolute atomic E-state index is 13.2. The molecule has 0 radical (unpaired) electrons. The third-order valence-corrected chi connectivity index (χ3v) is 7.95. The normalized spacial score (nSPS) is 11.2. The Morgan fingerprint density at radius 3 is 1.47 bits per heavy atom. The molecule has 0 fully saturated rings. The molecule has 5 nitrogen and oxygen atoms in total. The maximum atomic E-state index is 13.2. The van der Waals surface area contributed by atoms with Gasteiger partial charge in [-0.3, -0.25) is 4.79 Å². The van der Waals surface area contributed by atoms with Crippen molar-refractivity contribution >= 4 is 21.9 Å². The Morgan fingerprint density at radius 2 is 0.822 bits per heavy atom. The third-order valence-electron chi connectivity index (χ3n) is 7.95. The monoisotopic (exact) mass is 579 g/mol. The molecule has 0 saturated carbocycles. The molecule has 0 unspecified atom stereocenters. The molecule has 8 rings (SSSR count). The summed E-state index contributed by atoms with van der Waals surface area (Å²) < 4.78 is 5.99. The van der Waals surface area contributed by atoms with Gasteiger partial charge in [-0.15, -0.1) is 0 Å². The molecule has 0 aliphatic heterocycles. The topological polar surface area (TPSA) is 68.9 Å². The fraction of sp³-hybridized carbons (Fsp3) is 0. The highest BCUT2D eigenvalue weighted by molar-refractivity contribution is 5.92.